The summed E-state index contributed by atoms with van der Waals surface area (Å²) in [5.41, 5.74) is 0. The van der Waals surface area contributed by atoms with E-state index in [9.17, 15) is 13.0 Å². The van der Waals surface area contributed by atoms with Gasteiger partial charge in [0.05, 0.1) is 15.9 Å². The number of rotatable bonds is 19. The molecule has 0 aliphatic heterocycles. The van der Waals surface area contributed by atoms with E-state index < -0.39 is 10.1 Å². The molecule has 0 amide bonds. The normalized spacial score (nSPS) is 11.4. The van der Waals surface area contributed by atoms with E-state index in [0.717, 1.165) is 13.0 Å². The zero-order chi connectivity index (χ0) is 17.9. The molecule has 0 saturated heterocycles. The van der Waals surface area contributed by atoms with Crippen LogP contribution in [0, 0.1) is 0 Å². The number of unbranched alkanes of at least 4 members (excludes halogenated alkanes) is 14. The summed E-state index contributed by atoms with van der Waals surface area (Å²) in [4.78, 5) is 0. The van der Waals surface area contributed by atoms with Crippen molar-refractivity contribution in [1.82, 2.24) is 5.32 Å². The van der Waals surface area contributed by atoms with Crippen LogP contribution in [0.25, 0.3) is 0 Å². The molecule has 25 heavy (non-hydrogen) atoms. The third-order valence-corrected chi connectivity index (χ3v) is 5.19. The Balaban J connectivity index is 0. The third-order valence-electron chi connectivity index (χ3n) is 4.49. The summed E-state index contributed by atoms with van der Waals surface area (Å²) < 4.78 is 31.2. The molecule has 0 aliphatic rings. The fourth-order valence-corrected chi connectivity index (χ4v) is 3.34. The molecule has 0 aromatic carbocycles. The molecule has 0 atom stereocenters. The van der Waals surface area contributed by atoms with E-state index in [0.29, 0.717) is 0 Å². The zero-order valence-electron chi connectivity index (χ0n) is 16.9. The van der Waals surface area contributed by atoms with E-state index in [1.165, 1.54) is 89.9 Å². The van der Waals surface area contributed by atoms with Crippen molar-refractivity contribution in [2.75, 3.05) is 18.8 Å². The molecule has 0 aromatic heterocycles. The topological polar surface area (TPSA) is 69.2 Å². The molecule has 0 unspecified atom stereocenters. The molecule has 0 rings (SSSR count). The van der Waals surface area contributed by atoms with Crippen LogP contribution in [0.2, 0.25) is 0 Å². The van der Waals surface area contributed by atoms with Gasteiger partial charge in [0, 0.05) is 6.54 Å². The van der Waals surface area contributed by atoms with Crippen molar-refractivity contribution in [2.24, 2.45) is 0 Å². The van der Waals surface area contributed by atoms with Crippen molar-refractivity contribution in [3.8, 4) is 0 Å². The number of nitrogens with one attached hydrogen (secondary N) is 1. The maximum Gasteiger partial charge on any atom is 1.00 e. The van der Waals surface area contributed by atoms with Crippen LogP contribution in [-0.4, -0.2) is 31.8 Å². The molecule has 0 bridgehead atoms. The molecule has 4 nitrogen and oxygen atoms in total. The van der Waals surface area contributed by atoms with Gasteiger partial charge in [-0.3, -0.25) is 0 Å². The largest absolute Gasteiger partial charge is 1.00 e. The van der Waals surface area contributed by atoms with Gasteiger partial charge >= 0.3 is 29.6 Å². The van der Waals surface area contributed by atoms with Gasteiger partial charge < -0.3 is 9.87 Å². The molecule has 1 N–H and O–H groups in total. The Morgan fingerprint density at radius 2 is 1.00 bits per heavy atom. The fraction of sp³-hybridized carbons (Fsp3) is 1.00. The Bertz CT molecular complexity index is 351. The number of hydrogen-bond acceptors (Lipinski definition) is 4. The van der Waals surface area contributed by atoms with Gasteiger partial charge in [-0.1, -0.05) is 96.8 Å². The minimum atomic E-state index is -4.06. The molecule has 0 saturated carbocycles. The first-order valence-electron chi connectivity index (χ1n) is 10.2. The van der Waals surface area contributed by atoms with Gasteiger partial charge in [-0.05, 0) is 13.0 Å². The second-order valence-corrected chi connectivity index (χ2v) is 8.49. The minimum absolute atomic E-state index is 0. The molecule has 0 radical (unpaired) electrons. The van der Waals surface area contributed by atoms with Crippen LogP contribution in [0.3, 0.4) is 0 Å². The van der Waals surface area contributed by atoms with Crippen molar-refractivity contribution < 1.29 is 42.5 Å². The van der Waals surface area contributed by atoms with Crippen LogP contribution in [0.15, 0.2) is 0 Å². The Morgan fingerprint density at radius 3 is 1.36 bits per heavy atom. The van der Waals surface area contributed by atoms with Crippen LogP contribution >= 0.6 is 0 Å². The molecule has 0 fully saturated rings. The van der Waals surface area contributed by atoms with E-state index in [1.807, 2.05) is 0 Å². The van der Waals surface area contributed by atoms with Gasteiger partial charge in [-0.2, -0.15) is 0 Å². The summed E-state index contributed by atoms with van der Waals surface area (Å²) in [6.45, 7) is 3.36. The quantitative estimate of drug-likeness (QED) is 0.210. The Labute approximate surface area is 179 Å². The summed E-state index contributed by atoms with van der Waals surface area (Å²) in [6, 6.07) is 0. The fourth-order valence-electron chi connectivity index (χ4n) is 2.94. The summed E-state index contributed by atoms with van der Waals surface area (Å²) in [5, 5.41) is 3.01. The Kier molecular flexibility index (Phi) is 23.8. The van der Waals surface area contributed by atoms with Gasteiger partial charge in [-0.25, -0.2) is 8.42 Å². The smallest absolute Gasteiger partial charge is 0.748 e. The molecule has 0 aromatic rings. The second-order valence-electron chi connectivity index (χ2n) is 6.96. The second kappa shape index (κ2) is 21.2. The standard InChI is InChI=1S/C19H41NO3S.Na/c1-2-3-4-5-6-7-8-9-10-11-12-13-14-15-16-17-20-18-19-24(21,22)23;/h20H,2-19H2,1H3,(H,21,22,23);/q;+1/p-1. The van der Waals surface area contributed by atoms with Crippen molar-refractivity contribution in [2.45, 2.75) is 103 Å². The average Bonchev–Trinajstić information content (AvgIpc) is 2.52. The van der Waals surface area contributed by atoms with Crippen molar-refractivity contribution in [1.29, 1.82) is 0 Å². The van der Waals surface area contributed by atoms with E-state index in [1.54, 1.807) is 0 Å². The van der Waals surface area contributed by atoms with Crippen LogP contribution in [0.4, 0.5) is 0 Å². The monoisotopic (exact) mass is 385 g/mol. The molecule has 6 heteroatoms. The van der Waals surface area contributed by atoms with Crippen LogP contribution in [-0.2, 0) is 10.1 Å². The van der Waals surface area contributed by atoms with Crippen LogP contribution in [0.1, 0.15) is 103 Å². The third kappa shape index (κ3) is 27.2. The zero-order valence-corrected chi connectivity index (χ0v) is 19.7. The maximum absolute atomic E-state index is 10.4. The maximum atomic E-state index is 10.4. The molecule has 0 spiro atoms. The SMILES string of the molecule is CCCCCCCCCCCCCCCCCNCCS(=O)(=O)[O-].[Na+]. The first-order valence-corrected chi connectivity index (χ1v) is 11.8. The van der Waals surface area contributed by atoms with Gasteiger partial charge in [0.2, 0.25) is 0 Å². The predicted molar refractivity (Wildman–Crippen MR) is 102 cm³/mol. The van der Waals surface area contributed by atoms with E-state index >= 15 is 0 Å². The first-order chi connectivity index (χ1) is 11.6. The summed E-state index contributed by atoms with van der Waals surface area (Å²) in [5.74, 6) is -0.300. The molecule has 146 valence electrons. The van der Waals surface area contributed by atoms with E-state index in [-0.39, 0.29) is 41.9 Å². The van der Waals surface area contributed by atoms with Crippen molar-refractivity contribution >= 4 is 10.1 Å². The summed E-state index contributed by atoms with van der Waals surface area (Å²) in [6.07, 6.45) is 20.2. The van der Waals surface area contributed by atoms with Gasteiger partial charge in [0.15, 0.2) is 0 Å². The van der Waals surface area contributed by atoms with Crippen molar-refractivity contribution in [3.05, 3.63) is 0 Å². The number of hydrogen-bond donors (Lipinski definition) is 1. The van der Waals surface area contributed by atoms with Gasteiger partial charge in [0.1, 0.15) is 0 Å². The molecule has 0 aliphatic carbocycles. The van der Waals surface area contributed by atoms with E-state index in [2.05, 4.69) is 12.2 Å². The minimum Gasteiger partial charge on any atom is -0.748 e. The Morgan fingerprint density at radius 1 is 0.640 bits per heavy atom. The average molecular weight is 386 g/mol. The predicted octanol–water partition coefficient (Wildman–Crippen LogP) is 2.00. The summed E-state index contributed by atoms with van der Waals surface area (Å²) >= 11 is 0. The van der Waals surface area contributed by atoms with Gasteiger partial charge in [-0.15, -0.1) is 0 Å². The molecule has 0 heterocycles. The Hall–Kier alpha value is 0.870. The van der Waals surface area contributed by atoms with Crippen LogP contribution < -0.4 is 34.9 Å². The molecular weight excluding hydrogens is 345 g/mol. The first kappa shape index (κ1) is 28.1. The van der Waals surface area contributed by atoms with Crippen molar-refractivity contribution in [3.63, 3.8) is 0 Å². The van der Waals surface area contributed by atoms with E-state index in [4.69, 9.17) is 0 Å². The summed E-state index contributed by atoms with van der Waals surface area (Å²) in [7, 11) is -4.06. The molecular formula is C19H40NNaO3S. The van der Waals surface area contributed by atoms with Gasteiger partial charge in [0.25, 0.3) is 0 Å². The van der Waals surface area contributed by atoms with Crippen LogP contribution in [0.5, 0.6) is 0 Å².